The van der Waals surface area contributed by atoms with Gasteiger partial charge in [-0.1, -0.05) is 25.5 Å². The Kier molecular flexibility index (Phi) is 9.90. The average Bonchev–Trinajstić information content (AvgIpc) is 3.19. The molecule has 0 aliphatic heterocycles. The number of rotatable bonds is 14. The molecule has 1 N–H and O–H groups in total. The predicted molar refractivity (Wildman–Crippen MR) is 152 cm³/mol. The van der Waals surface area contributed by atoms with Crippen LogP contribution in [0.4, 0.5) is 4.39 Å². The largest absolute Gasteiger partial charge is 0.457 e. The summed E-state index contributed by atoms with van der Waals surface area (Å²) in [7, 11) is 0. The molecule has 4 aliphatic carbocycles. The Morgan fingerprint density at radius 3 is 2.26 bits per heavy atom. The zero-order valence-electron chi connectivity index (χ0n) is 25.9. The number of fused-ring (bicyclic) bond motifs is 5. The van der Waals surface area contributed by atoms with Gasteiger partial charge in [0.2, 0.25) is 5.78 Å². The highest BCUT2D eigenvalue weighted by atomic mass is 19.1. The fourth-order valence-electron chi connectivity index (χ4n) is 8.67. The first-order valence-electron chi connectivity index (χ1n) is 15.3. The van der Waals surface area contributed by atoms with Crippen molar-refractivity contribution in [3.05, 3.63) is 44.0 Å². The molecule has 2 unspecified atom stereocenters. The number of nitrogens with zero attached hydrogens (tertiary/aromatic N) is 2. The third-order valence-electron chi connectivity index (χ3n) is 10.7. The van der Waals surface area contributed by atoms with E-state index < -0.39 is 87.1 Å². The molecule has 15 nitrogen and oxygen atoms in total. The smallest absolute Gasteiger partial charge is 0.306 e. The normalized spacial score (nSPS) is 35.9. The summed E-state index contributed by atoms with van der Waals surface area (Å²) in [4.78, 5) is 81.2. The van der Waals surface area contributed by atoms with Crippen LogP contribution in [-0.2, 0) is 38.3 Å². The maximum atomic E-state index is 17.6. The molecule has 4 aliphatic rings. The van der Waals surface area contributed by atoms with Crippen LogP contribution in [0.15, 0.2) is 23.8 Å². The van der Waals surface area contributed by atoms with Crippen molar-refractivity contribution < 1.29 is 58.0 Å². The van der Waals surface area contributed by atoms with Crippen molar-refractivity contribution >= 4 is 23.5 Å². The van der Waals surface area contributed by atoms with Crippen molar-refractivity contribution in [3.63, 3.8) is 0 Å². The van der Waals surface area contributed by atoms with Gasteiger partial charge < -0.3 is 24.3 Å². The molecule has 16 heteroatoms. The van der Waals surface area contributed by atoms with E-state index in [0.717, 1.165) is 0 Å². The summed E-state index contributed by atoms with van der Waals surface area (Å²) in [5.41, 5.74) is -6.21. The lowest BCUT2D eigenvalue weighted by molar-refractivity contribution is -0.757. The Morgan fingerprint density at radius 1 is 1.04 bits per heavy atom. The van der Waals surface area contributed by atoms with Gasteiger partial charge in [-0.2, -0.15) is 0 Å². The van der Waals surface area contributed by atoms with E-state index in [1.165, 1.54) is 18.2 Å². The summed E-state index contributed by atoms with van der Waals surface area (Å²) in [6.07, 6.45) is 2.34. The van der Waals surface area contributed by atoms with E-state index in [9.17, 15) is 44.5 Å². The quantitative estimate of drug-likeness (QED) is 0.124. The van der Waals surface area contributed by atoms with Gasteiger partial charge in [0.15, 0.2) is 23.7 Å². The number of ether oxygens (including phenoxy) is 2. The molecule has 0 heterocycles. The fourth-order valence-corrected chi connectivity index (χ4v) is 8.67. The van der Waals surface area contributed by atoms with E-state index in [1.54, 1.807) is 20.8 Å². The number of ketones is 2. The zero-order valence-corrected chi connectivity index (χ0v) is 25.9. The van der Waals surface area contributed by atoms with E-state index in [4.69, 9.17) is 9.47 Å². The van der Waals surface area contributed by atoms with Crippen molar-refractivity contribution in [3.8, 4) is 0 Å². The van der Waals surface area contributed by atoms with Crippen molar-refractivity contribution in [1.29, 1.82) is 0 Å². The lowest BCUT2D eigenvalue weighted by Crippen LogP contribution is -2.70. The second kappa shape index (κ2) is 13.0. The van der Waals surface area contributed by atoms with Crippen molar-refractivity contribution in [2.45, 2.75) is 89.5 Å². The third-order valence-corrected chi connectivity index (χ3v) is 10.7. The first kappa shape index (κ1) is 34.9. The maximum absolute atomic E-state index is 17.6. The van der Waals surface area contributed by atoms with E-state index in [-0.39, 0.29) is 57.3 Å². The number of hydrogen-bond acceptors (Lipinski definition) is 13. The van der Waals surface area contributed by atoms with Gasteiger partial charge in [0.05, 0.1) is 19.3 Å². The minimum atomic E-state index is -2.21. The van der Waals surface area contributed by atoms with Crippen LogP contribution in [0.3, 0.4) is 0 Å². The van der Waals surface area contributed by atoms with E-state index >= 15 is 4.39 Å². The fraction of sp³-hybridized carbons (Fsp3) is 0.733. The van der Waals surface area contributed by atoms with Crippen LogP contribution < -0.4 is 0 Å². The Bertz CT molecular complexity index is 1350. The second-order valence-electron chi connectivity index (χ2n) is 13.0. The highest BCUT2D eigenvalue weighted by molar-refractivity contribution is 6.01. The Labute approximate surface area is 263 Å². The van der Waals surface area contributed by atoms with Gasteiger partial charge in [0.25, 0.3) is 10.2 Å². The van der Waals surface area contributed by atoms with Crippen LogP contribution in [0.5, 0.6) is 0 Å². The van der Waals surface area contributed by atoms with Gasteiger partial charge in [-0.15, -0.1) is 20.2 Å². The molecule has 0 saturated heterocycles. The number of allylic oxidation sites excluding steroid dienone is 4. The lowest BCUT2D eigenvalue weighted by Gasteiger charge is -2.62. The molecular weight excluding hydrogens is 615 g/mol. The van der Waals surface area contributed by atoms with Crippen molar-refractivity contribution in [2.75, 3.05) is 19.8 Å². The summed E-state index contributed by atoms with van der Waals surface area (Å²) in [5.74, 6) is -4.86. The summed E-state index contributed by atoms with van der Waals surface area (Å²) in [6, 6.07) is 0. The summed E-state index contributed by atoms with van der Waals surface area (Å²) in [6.45, 7) is 3.40. The number of carbonyl (C=O) groups excluding carboxylic acids is 4. The van der Waals surface area contributed by atoms with E-state index in [2.05, 4.69) is 9.68 Å². The van der Waals surface area contributed by atoms with E-state index in [1.807, 2.05) is 0 Å². The summed E-state index contributed by atoms with van der Waals surface area (Å²) in [5, 5.41) is 30.5. The first-order valence-corrected chi connectivity index (χ1v) is 15.3. The average molecular weight is 655 g/mol. The number of aliphatic hydroxyl groups is 1. The zero-order chi connectivity index (χ0) is 34.1. The number of esters is 2. The maximum Gasteiger partial charge on any atom is 0.306 e. The molecule has 46 heavy (non-hydrogen) atoms. The van der Waals surface area contributed by atoms with Crippen LogP contribution in [-0.4, -0.2) is 76.0 Å². The van der Waals surface area contributed by atoms with E-state index in [0.29, 0.717) is 12.0 Å². The molecular formula is C30H39FN2O13. The minimum absolute atomic E-state index is 0.0573. The number of alkyl halides is 1. The number of Topliss-reactive ketones (excluding diaryl/α,β-unsaturated/α-hetero) is 1. The molecule has 3 fully saturated rings. The number of aliphatic hydroxyl groups excluding tert-OH is 1. The second-order valence-corrected chi connectivity index (χ2v) is 13.0. The minimum Gasteiger partial charge on any atom is -0.457 e. The van der Waals surface area contributed by atoms with Gasteiger partial charge >= 0.3 is 11.9 Å². The van der Waals surface area contributed by atoms with Crippen molar-refractivity contribution in [2.24, 2.45) is 28.6 Å². The van der Waals surface area contributed by atoms with Crippen LogP contribution in [0.25, 0.3) is 0 Å². The molecule has 254 valence electrons. The standard InChI is InChI=1S/C30H39FN2O13/c1-18-14-22-21-9-8-19-15-20(34)10-11-27(19,2)29(21,31)23(35)16-28(22,3)30(18,46-26(38)7-5-13-45-33(41)42)24(36)17-43-25(37)6-4-12-44-32(39)40/h10-11,15,18,21-23,35H,4-9,12-14,16-17H2,1-3H3/t18-,21?,22?,23+,27+,28+,29+,30+/m1/s1. The Hall–Kier alpha value is -3.95. The lowest BCUT2D eigenvalue weighted by atomic mass is 9.44. The molecule has 0 aromatic heterocycles. The van der Waals surface area contributed by atoms with Gasteiger partial charge in [0, 0.05) is 35.5 Å². The van der Waals surface area contributed by atoms with Crippen LogP contribution in [0, 0.1) is 48.8 Å². The summed E-state index contributed by atoms with van der Waals surface area (Å²) >= 11 is 0. The Morgan fingerprint density at radius 2 is 1.65 bits per heavy atom. The molecule has 0 spiro atoms. The molecule has 0 aromatic rings. The number of halogens is 1. The van der Waals surface area contributed by atoms with Gasteiger partial charge in [-0.3, -0.25) is 19.2 Å². The third kappa shape index (κ3) is 5.86. The highest BCUT2D eigenvalue weighted by Crippen LogP contribution is 2.71. The molecule has 0 radical (unpaired) electrons. The monoisotopic (exact) mass is 654 g/mol. The summed E-state index contributed by atoms with van der Waals surface area (Å²) < 4.78 is 28.8. The SMILES string of the molecule is C[C@@H]1CC2C3CCC4=CC(=O)C=C[C@]4(C)[C@@]3(F)[C@@H](O)C[C@]2(C)[C@@]1(OC(=O)CCCO[N+](=O)[O-])C(=O)COC(=O)CCCO[N+](=O)[O-]. The number of hydrogen-bond donors (Lipinski definition) is 1. The van der Waals surface area contributed by atoms with Gasteiger partial charge in [-0.05, 0) is 63.5 Å². The highest BCUT2D eigenvalue weighted by Gasteiger charge is 2.77. The van der Waals surface area contributed by atoms with Crippen LogP contribution in [0.2, 0.25) is 0 Å². The van der Waals surface area contributed by atoms with Gasteiger partial charge in [-0.25, -0.2) is 4.39 Å². The topological polar surface area (TPSA) is 212 Å². The molecule has 0 aromatic carbocycles. The Balaban J connectivity index is 1.64. The molecule has 3 saturated carbocycles. The molecule has 0 amide bonds. The van der Waals surface area contributed by atoms with Gasteiger partial charge in [0.1, 0.15) is 0 Å². The van der Waals surface area contributed by atoms with Crippen LogP contribution >= 0.6 is 0 Å². The molecule has 4 rings (SSSR count). The molecule has 8 atom stereocenters. The first-order chi connectivity index (χ1) is 21.5. The number of carbonyl (C=O) groups is 4. The van der Waals surface area contributed by atoms with Crippen LogP contribution in [0.1, 0.15) is 72.1 Å². The predicted octanol–water partition coefficient (Wildman–Crippen LogP) is 2.97. The van der Waals surface area contributed by atoms with Crippen molar-refractivity contribution in [1.82, 2.24) is 0 Å². The molecule has 0 bridgehead atoms.